The lowest BCUT2D eigenvalue weighted by atomic mass is 9.94. The van der Waals surface area contributed by atoms with E-state index in [-0.39, 0.29) is 6.04 Å². The summed E-state index contributed by atoms with van der Waals surface area (Å²) in [6.07, 6.45) is 0. The minimum atomic E-state index is 0.120. The van der Waals surface area contributed by atoms with Crippen LogP contribution in [-0.4, -0.2) is 6.54 Å². The third kappa shape index (κ3) is 3.22. The Morgan fingerprint density at radius 2 is 1.70 bits per heavy atom. The van der Waals surface area contributed by atoms with Crippen molar-refractivity contribution in [1.82, 2.24) is 0 Å². The summed E-state index contributed by atoms with van der Waals surface area (Å²) in [7, 11) is 0. The smallest absolute Gasteiger partial charge is 0.0641 e. The van der Waals surface area contributed by atoms with Gasteiger partial charge in [-0.15, -0.1) is 0 Å². The largest absolute Gasteiger partial charge is 0.376 e. The van der Waals surface area contributed by atoms with E-state index >= 15 is 0 Å². The van der Waals surface area contributed by atoms with Crippen molar-refractivity contribution >= 4 is 21.6 Å². The van der Waals surface area contributed by atoms with Gasteiger partial charge in [-0.05, 0) is 65.5 Å². The van der Waals surface area contributed by atoms with Crippen LogP contribution in [0.15, 0.2) is 40.9 Å². The molecule has 0 heterocycles. The highest BCUT2D eigenvalue weighted by Crippen LogP contribution is 2.29. The molecule has 0 saturated carbocycles. The molecule has 2 nitrogen and oxygen atoms in total. The fourth-order valence-corrected chi connectivity index (χ4v) is 3.15. The van der Waals surface area contributed by atoms with Crippen molar-refractivity contribution in [2.75, 3.05) is 11.9 Å². The van der Waals surface area contributed by atoms with E-state index in [1.165, 1.54) is 22.3 Å². The van der Waals surface area contributed by atoms with Crippen LogP contribution in [0.5, 0.6) is 0 Å². The van der Waals surface area contributed by atoms with Crippen LogP contribution in [0, 0.1) is 20.8 Å². The number of para-hydroxylation sites is 1. The molecule has 0 aliphatic carbocycles. The van der Waals surface area contributed by atoms with Gasteiger partial charge in [0.1, 0.15) is 0 Å². The van der Waals surface area contributed by atoms with E-state index in [2.05, 4.69) is 60.2 Å². The Labute approximate surface area is 129 Å². The first-order valence-electron chi connectivity index (χ1n) is 6.81. The fourth-order valence-electron chi connectivity index (χ4n) is 2.76. The van der Waals surface area contributed by atoms with Gasteiger partial charge < -0.3 is 11.1 Å². The zero-order valence-corrected chi connectivity index (χ0v) is 13.8. The predicted octanol–water partition coefficient (Wildman–Crippen LogP) is 4.49. The molecule has 0 spiro atoms. The van der Waals surface area contributed by atoms with E-state index in [4.69, 9.17) is 5.73 Å². The molecule has 2 aromatic carbocycles. The lowest BCUT2D eigenvalue weighted by molar-refractivity contribution is 0.775. The highest BCUT2D eigenvalue weighted by atomic mass is 79.9. The third-order valence-corrected chi connectivity index (χ3v) is 4.22. The fraction of sp³-hybridized carbons (Fsp3) is 0.294. The molecule has 2 aromatic rings. The maximum atomic E-state index is 6.00. The average Bonchev–Trinajstić information content (AvgIpc) is 2.38. The van der Waals surface area contributed by atoms with Gasteiger partial charge in [0, 0.05) is 16.7 Å². The summed E-state index contributed by atoms with van der Waals surface area (Å²) in [6.45, 7) is 6.99. The first-order chi connectivity index (χ1) is 9.52. The van der Waals surface area contributed by atoms with Gasteiger partial charge in [0.05, 0.1) is 6.04 Å². The van der Waals surface area contributed by atoms with E-state index in [1.807, 2.05) is 18.2 Å². The molecule has 0 bridgehead atoms. The standard InChI is InChI=1S/C17H21BrN2/c1-11-8-12(2)17(13(3)9-11)16(10-19)20-15-7-5-4-6-14(15)18/h4-9,16,20H,10,19H2,1-3H3. The normalized spacial score (nSPS) is 12.2. The summed E-state index contributed by atoms with van der Waals surface area (Å²) >= 11 is 3.57. The number of rotatable bonds is 4. The molecule has 0 radical (unpaired) electrons. The van der Waals surface area contributed by atoms with Gasteiger partial charge in [-0.25, -0.2) is 0 Å². The molecule has 0 aliphatic rings. The average molecular weight is 333 g/mol. The van der Waals surface area contributed by atoms with Crippen molar-refractivity contribution in [2.24, 2.45) is 5.73 Å². The monoisotopic (exact) mass is 332 g/mol. The van der Waals surface area contributed by atoms with Crippen LogP contribution in [0.4, 0.5) is 5.69 Å². The number of halogens is 1. The molecule has 2 rings (SSSR count). The quantitative estimate of drug-likeness (QED) is 0.865. The number of anilines is 1. The topological polar surface area (TPSA) is 38.0 Å². The van der Waals surface area contributed by atoms with Crippen molar-refractivity contribution < 1.29 is 0 Å². The number of nitrogens with one attached hydrogen (secondary N) is 1. The minimum Gasteiger partial charge on any atom is -0.376 e. The molecule has 0 amide bonds. The summed E-state index contributed by atoms with van der Waals surface area (Å²) in [4.78, 5) is 0. The minimum absolute atomic E-state index is 0.120. The van der Waals surface area contributed by atoms with Gasteiger partial charge in [-0.3, -0.25) is 0 Å². The molecule has 0 saturated heterocycles. The molecule has 106 valence electrons. The number of hydrogen-bond acceptors (Lipinski definition) is 2. The number of aryl methyl sites for hydroxylation is 3. The van der Waals surface area contributed by atoms with E-state index in [9.17, 15) is 0 Å². The molecular formula is C17H21BrN2. The van der Waals surface area contributed by atoms with Crippen LogP contribution in [0.3, 0.4) is 0 Å². The van der Waals surface area contributed by atoms with E-state index in [0.717, 1.165) is 10.2 Å². The molecule has 0 fully saturated rings. The van der Waals surface area contributed by atoms with E-state index in [1.54, 1.807) is 0 Å². The van der Waals surface area contributed by atoms with Crippen molar-refractivity contribution in [3.05, 3.63) is 63.1 Å². The molecule has 3 N–H and O–H groups in total. The van der Waals surface area contributed by atoms with E-state index in [0.29, 0.717) is 6.54 Å². The number of benzene rings is 2. The molecular weight excluding hydrogens is 312 g/mol. The molecule has 3 heteroatoms. The summed E-state index contributed by atoms with van der Waals surface area (Å²) in [6, 6.07) is 12.7. The molecule has 1 atom stereocenters. The Kier molecular flexibility index (Phi) is 4.84. The highest BCUT2D eigenvalue weighted by Gasteiger charge is 2.16. The van der Waals surface area contributed by atoms with Crippen LogP contribution in [0.25, 0.3) is 0 Å². The zero-order valence-electron chi connectivity index (χ0n) is 12.2. The first-order valence-corrected chi connectivity index (χ1v) is 7.61. The van der Waals surface area contributed by atoms with Crippen molar-refractivity contribution in [1.29, 1.82) is 0 Å². The molecule has 0 aliphatic heterocycles. The zero-order chi connectivity index (χ0) is 14.7. The van der Waals surface area contributed by atoms with Crippen molar-refractivity contribution in [2.45, 2.75) is 26.8 Å². The van der Waals surface area contributed by atoms with Crippen LogP contribution >= 0.6 is 15.9 Å². The van der Waals surface area contributed by atoms with E-state index < -0.39 is 0 Å². The first kappa shape index (κ1) is 15.1. The van der Waals surface area contributed by atoms with Gasteiger partial charge in [-0.1, -0.05) is 29.8 Å². The Hall–Kier alpha value is -1.32. The lowest BCUT2D eigenvalue weighted by Gasteiger charge is -2.23. The Morgan fingerprint density at radius 3 is 2.25 bits per heavy atom. The van der Waals surface area contributed by atoms with Gasteiger partial charge in [0.25, 0.3) is 0 Å². The van der Waals surface area contributed by atoms with Crippen LogP contribution in [0.1, 0.15) is 28.3 Å². The SMILES string of the molecule is Cc1cc(C)c(C(CN)Nc2ccccc2Br)c(C)c1. The van der Waals surface area contributed by atoms with Crippen LogP contribution in [0.2, 0.25) is 0 Å². The summed E-state index contributed by atoms with van der Waals surface area (Å²) in [5.41, 5.74) is 12.2. The van der Waals surface area contributed by atoms with Gasteiger partial charge in [-0.2, -0.15) is 0 Å². The Morgan fingerprint density at radius 1 is 1.10 bits per heavy atom. The van der Waals surface area contributed by atoms with Gasteiger partial charge in [0.15, 0.2) is 0 Å². The van der Waals surface area contributed by atoms with Crippen molar-refractivity contribution in [3.8, 4) is 0 Å². The molecule has 20 heavy (non-hydrogen) atoms. The summed E-state index contributed by atoms with van der Waals surface area (Å²) in [5.74, 6) is 0. The second-order valence-corrected chi connectivity index (χ2v) is 6.08. The number of hydrogen-bond donors (Lipinski definition) is 2. The maximum absolute atomic E-state index is 6.00. The van der Waals surface area contributed by atoms with Crippen LogP contribution in [-0.2, 0) is 0 Å². The Bertz CT molecular complexity index is 585. The summed E-state index contributed by atoms with van der Waals surface area (Å²) in [5, 5.41) is 3.54. The second kappa shape index (κ2) is 6.42. The lowest BCUT2D eigenvalue weighted by Crippen LogP contribution is -2.22. The Balaban J connectivity index is 2.37. The van der Waals surface area contributed by atoms with Gasteiger partial charge >= 0.3 is 0 Å². The predicted molar refractivity (Wildman–Crippen MR) is 90.2 cm³/mol. The number of nitrogens with two attached hydrogens (primary N) is 1. The molecule has 1 unspecified atom stereocenters. The summed E-state index contributed by atoms with van der Waals surface area (Å²) < 4.78 is 1.06. The van der Waals surface area contributed by atoms with Crippen LogP contribution < -0.4 is 11.1 Å². The second-order valence-electron chi connectivity index (χ2n) is 5.22. The third-order valence-electron chi connectivity index (χ3n) is 3.53. The highest BCUT2D eigenvalue weighted by molar-refractivity contribution is 9.10. The van der Waals surface area contributed by atoms with Crippen molar-refractivity contribution in [3.63, 3.8) is 0 Å². The van der Waals surface area contributed by atoms with Gasteiger partial charge in [0.2, 0.25) is 0 Å². The molecule has 0 aromatic heterocycles. The maximum Gasteiger partial charge on any atom is 0.0641 e.